The summed E-state index contributed by atoms with van der Waals surface area (Å²) in [5.41, 5.74) is 4.75. The van der Waals surface area contributed by atoms with Crippen LogP contribution in [0.3, 0.4) is 0 Å². The molecule has 0 radical (unpaired) electrons. The van der Waals surface area contributed by atoms with Gasteiger partial charge in [-0.2, -0.15) is 0 Å². The summed E-state index contributed by atoms with van der Waals surface area (Å²) in [6.07, 6.45) is 0.624. The fourth-order valence-corrected chi connectivity index (χ4v) is 1.38. The van der Waals surface area contributed by atoms with Crippen molar-refractivity contribution < 1.29 is 9.84 Å². The summed E-state index contributed by atoms with van der Waals surface area (Å²) in [7, 11) is 0. The number of nitrogens with zero attached hydrogens (tertiary/aromatic N) is 1. The van der Waals surface area contributed by atoms with E-state index in [-0.39, 0.29) is 5.54 Å². The van der Waals surface area contributed by atoms with Crippen molar-refractivity contribution in [2.45, 2.75) is 38.3 Å². The third-order valence-corrected chi connectivity index (χ3v) is 2.13. The summed E-state index contributed by atoms with van der Waals surface area (Å²) in [5.74, 6) is 0.364. The fraction of sp³-hybridized carbons (Fsp3) is 0.900. The Labute approximate surface area is 90.7 Å². The molecule has 88 valence electrons. The molecule has 1 atom stereocenters. The second-order valence-electron chi connectivity index (χ2n) is 5.10. The van der Waals surface area contributed by atoms with Crippen LogP contribution in [-0.2, 0) is 4.74 Å². The van der Waals surface area contributed by atoms with Crippen LogP contribution < -0.4 is 11.1 Å². The van der Waals surface area contributed by atoms with E-state index in [1.54, 1.807) is 0 Å². The Kier molecular flexibility index (Phi) is 3.57. The summed E-state index contributed by atoms with van der Waals surface area (Å²) in [6, 6.07) is 0. The molecule has 0 aromatic heterocycles. The Bertz CT molecular complexity index is 240. The minimum absolute atomic E-state index is 0.109. The first-order valence-corrected chi connectivity index (χ1v) is 5.19. The van der Waals surface area contributed by atoms with Gasteiger partial charge in [0.15, 0.2) is 5.96 Å². The molecule has 0 bridgehead atoms. The SMILES string of the molecule is CC(C)(C)NC(N)=NCC1(O)CCOC1. The monoisotopic (exact) mass is 215 g/mol. The quantitative estimate of drug-likeness (QED) is 0.442. The molecule has 0 amide bonds. The Morgan fingerprint density at radius 3 is 2.73 bits per heavy atom. The molecule has 1 unspecified atom stereocenters. The predicted octanol–water partition coefficient (Wildman–Crippen LogP) is -0.159. The average molecular weight is 215 g/mol. The van der Waals surface area contributed by atoms with Crippen molar-refractivity contribution in [2.75, 3.05) is 19.8 Å². The number of ether oxygens (including phenoxy) is 1. The molecule has 1 rings (SSSR count). The van der Waals surface area contributed by atoms with Crippen molar-refractivity contribution in [3.05, 3.63) is 0 Å². The van der Waals surface area contributed by atoms with Gasteiger partial charge in [0.05, 0.1) is 13.2 Å². The van der Waals surface area contributed by atoms with Crippen LogP contribution in [0.5, 0.6) is 0 Å². The molecule has 1 fully saturated rings. The average Bonchev–Trinajstić information content (AvgIpc) is 2.47. The van der Waals surface area contributed by atoms with Gasteiger partial charge in [-0.05, 0) is 20.8 Å². The van der Waals surface area contributed by atoms with E-state index in [1.165, 1.54) is 0 Å². The summed E-state index contributed by atoms with van der Waals surface area (Å²) in [6.45, 7) is 7.24. The maximum Gasteiger partial charge on any atom is 0.189 e. The van der Waals surface area contributed by atoms with Crippen LogP contribution in [0, 0.1) is 0 Å². The van der Waals surface area contributed by atoms with Crippen molar-refractivity contribution in [1.29, 1.82) is 0 Å². The van der Waals surface area contributed by atoms with Crippen LogP contribution in [-0.4, -0.2) is 42.0 Å². The molecule has 0 aromatic rings. The highest BCUT2D eigenvalue weighted by molar-refractivity contribution is 5.78. The second-order valence-corrected chi connectivity index (χ2v) is 5.10. The van der Waals surface area contributed by atoms with E-state index < -0.39 is 5.60 Å². The number of nitrogens with two attached hydrogens (primary N) is 1. The van der Waals surface area contributed by atoms with Crippen LogP contribution in [0.1, 0.15) is 27.2 Å². The molecule has 0 spiro atoms. The lowest BCUT2D eigenvalue weighted by atomic mass is 10.0. The van der Waals surface area contributed by atoms with Gasteiger partial charge in [0, 0.05) is 18.6 Å². The van der Waals surface area contributed by atoms with Crippen molar-refractivity contribution in [1.82, 2.24) is 5.32 Å². The molecule has 0 aliphatic carbocycles. The molecule has 1 aliphatic rings. The van der Waals surface area contributed by atoms with E-state index in [0.717, 1.165) is 0 Å². The zero-order valence-corrected chi connectivity index (χ0v) is 9.71. The zero-order valence-electron chi connectivity index (χ0n) is 9.71. The minimum atomic E-state index is -0.829. The number of hydrogen-bond acceptors (Lipinski definition) is 3. The smallest absolute Gasteiger partial charge is 0.189 e. The molecule has 4 N–H and O–H groups in total. The number of hydrogen-bond donors (Lipinski definition) is 3. The minimum Gasteiger partial charge on any atom is -0.385 e. The zero-order chi connectivity index (χ0) is 11.5. The number of aliphatic imine (C=N–C) groups is 1. The topological polar surface area (TPSA) is 79.9 Å². The Morgan fingerprint density at radius 2 is 2.27 bits per heavy atom. The van der Waals surface area contributed by atoms with Gasteiger partial charge in [-0.1, -0.05) is 0 Å². The first kappa shape index (κ1) is 12.3. The summed E-state index contributed by atoms with van der Waals surface area (Å²) < 4.78 is 5.11. The number of guanidine groups is 1. The van der Waals surface area contributed by atoms with E-state index >= 15 is 0 Å². The van der Waals surface area contributed by atoms with E-state index in [2.05, 4.69) is 10.3 Å². The van der Waals surface area contributed by atoms with Crippen molar-refractivity contribution in [3.8, 4) is 0 Å². The van der Waals surface area contributed by atoms with Crippen molar-refractivity contribution in [2.24, 2.45) is 10.7 Å². The third kappa shape index (κ3) is 4.48. The Hall–Kier alpha value is -0.810. The van der Waals surface area contributed by atoms with Crippen LogP contribution >= 0.6 is 0 Å². The van der Waals surface area contributed by atoms with E-state index in [9.17, 15) is 5.11 Å². The van der Waals surface area contributed by atoms with Crippen LogP contribution in [0.2, 0.25) is 0 Å². The van der Waals surface area contributed by atoms with Gasteiger partial charge in [0.2, 0.25) is 0 Å². The van der Waals surface area contributed by atoms with Gasteiger partial charge in [0.1, 0.15) is 5.60 Å². The third-order valence-electron chi connectivity index (χ3n) is 2.13. The molecule has 5 nitrogen and oxygen atoms in total. The Morgan fingerprint density at radius 1 is 1.60 bits per heavy atom. The van der Waals surface area contributed by atoms with E-state index in [1.807, 2.05) is 20.8 Å². The molecule has 1 saturated heterocycles. The lowest BCUT2D eigenvalue weighted by Crippen LogP contribution is -2.46. The highest BCUT2D eigenvalue weighted by Crippen LogP contribution is 2.18. The van der Waals surface area contributed by atoms with Crippen LogP contribution in [0.25, 0.3) is 0 Å². The summed E-state index contributed by atoms with van der Waals surface area (Å²) in [4.78, 5) is 4.12. The van der Waals surface area contributed by atoms with E-state index in [4.69, 9.17) is 10.5 Å². The lowest BCUT2D eigenvalue weighted by Gasteiger charge is -2.22. The van der Waals surface area contributed by atoms with Gasteiger partial charge >= 0.3 is 0 Å². The lowest BCUT2D eigenvalue weighted by molar-refractivity contribution is 0.0349. The fourth-order valence-electron chi connectivity index (χ4n) is 1.38. The Balaban J connectivity index is 2.43. The molecular formula is C10H21N3O2. The van der Waals surface area contributed by atoms with E-state index in [0.29, 0.717) is 32.1 Å². The normalized spacial score (nSPS) is 28.1. The van der Waals surface area contributed by atoms with Crippen molar-refractivity contribution in [3.63, 3.8) is 0 Å². The molecule has 1 aliphatic heterocycles. The number of nitrogens with one attached hydrogen (secondary N) is 1. The molecule has 5 heteroatoms. The molecule has 0 aromatic carbocycles. The maximum absolute atomic E-state index is 9.92. The first-order valence-electron chi connectivity index (χ1n) is 5.19. The standard InChI is InChI=1S/C10H21N3O2/c1-9(2,3)13-8(11)12-6-10(14)4-5-15-7-10/h14H,4-7H2,1-3H3,(H3,11,12,13). The van der Waals surface area contributed by atoms with Gasteiger partial charge in [-0.3, -0.25) is 4.99 Å². The van der Waals surface area contributed by atoms with Crippen LogP contribution in [0.4, 0.5) is 0 Å². The van der Waals surface area contributed by atoms with Gasteiger partial charge in [0.25, 0.3) is 0 Å². The van der Waals surface area contributed by atoms with Gasteiger partial charge in [-0.15, -0.1) is 0 Å². The molecular weight excluding hydrogens is 194 g/mol. The van der Waals surface area contributed by atoms with Gasteiger partial charge < -0.3 is 20.9 Å². The first-order chi connectivity index (χ1) is 6.81. The van der Waals surface area contributed by atoms with Gasteiger partial charge in [-0.25, -0.2) is 0 Å². The second kappa shape index (κ2) is 4.37. The summed E-state index contributed by atoms with van der Waals surface area (Å²) in [5, 5.41) is 13.0. The van der Waals surface area contributed by atoms with Crippen LogP contribution in [0.15, 0.2) is 4.99 Å². The largest absolute Gasteiger partial charge is 0.385 e. The summed E-state index contributed by atoms with van der Waals surface area (Å²) >= 11 is 0. The molecule has 15 heavy (non-hydrogen) atoms. The number of rotatable bonds is 2. The van der Waals surface area contributed by atoms with Crippen molar-refractivity contribution >= 4 is 5.96 Å². The highest BCUT2D eigenvalue weighted by Gasteiger charge is 2.32. The predicted molar refractivity (Wildman–Crippen MR) is 59.8 cm³/mol. The molecule has 0 saturated carbocycles. The molecule has 1 heterocycles. The number of aliphatic hydroxyl groups is 1. The maximum atomic E-state index is 9.92. The highest BCUT2D eigenvalue weighted by atomic mass is 16.5.